The monoisotopic (exact) mass is 426 g/mol. The lowest BCUT2D eigenvalue weighted by Crippen LogP contribution is -2.50. The van der Waals surface area contributed by atoms with Gasteiger partial charge in [-0.25, -0.2) is 15.0 Å². The molecular formula is C24H22N6O2. The summed E-state index contributed by atoms with van der Waals surface area (Å²) in [6.45, 7) is 2.78. The molecule has 5 rings (SSSR count). The molecule has 32 heavy (non-hydrogen) atoms. The molecule has 0 atom stereocenters. The molecule has 0 saturated carbocycles. The molecule has 4 aromatic rings. The molecule has 0 unspecified atom stereocenters. The van der Waals surface area contributed by atoms with Crippen LogP contribution in [-0.2, 0) is 0 Å². The van der Waals surface area contributed by atoms with Crippen molar-refractivity contribution >= 4 is 22.9 Å². The van der Waals surface area contributed by atoms with Crippen molar-refractivity contribution in [3.63, 3.8) is 0 Å². The Morgan fingerprint density at radius 3 is 2.47 bits per heavy atom. The molecular weight excluding hydrogens is 404 g/mol. The summed E-state index contributed by atoms with van der Waals surface area (Å²) in [5, 5.41) is 0. The van der Waals surface area contributed by atoms with Crippen LogP contribution >= 0.6 is 0 Å². The first kappa shape index (κ1) is 20.0. The van der Waals surface area contributed by atoms with Gasteiger partial charge in [0, 0.05) is 37.9 Å². The van der Waals surface area contributed by atoms with E-state index in [0.29, 0.717) is 61.1 Å². The number of aromatic amines is 1. The summed E-state index contributed by atoms with van der Waals surface area (Å²) in [6.07, 6.45) is 1.70. The maximum atomic E-state index is 13.0. The van der Waals surface area contributed by atoms with Crippen LogP contribution in [0.1, 0.15) is 20.8 Å². The van der Waals surface area contributed by atoms with Gasteiger partial charge in [0.2, 0.25) is 0 Å². The summed E-state index contributed by atoms with van der Waals surface area (Å²) in [5.74, 6) is 0.563. The van der Waals surface area contributed by atoms with E-state index >= 15 is 0 Å². The largest absolute Gasteiger partial charge is 0.335 e. The smallest absolute Gasteiger partial charge is 0.272 e. The van der Waals surface area contributed by atoms with E-state index in [1.165, 1.54) is 0 Å². The zero-order valence-electron chi connectivity index (χ0n) is 17.4. The molecule has 0 aliphatic carbocycles. The lowest BCUT2D eigenvalue weighted by molar-refractivity contribution is 0.0619. The average molecular weight is 426 g/mol. The van der Waals surface area contributed by atoms with Crippen molar-refractivity contribution < 1.29 is 9.59 Å². The second-order valence-electron chi connectivity index (χ2n) is 7.72. The molecule has 1 aliphatic heterocycles. The van der Waals surface area contributed by atoms with Gasteiger partial charge in [0.05, 0.1) is 6.54 Å². The predicted molar refractivity (Wildman–Crippen MR) is 120 cm³/mol. The second-order valence-corrected chi connectivity index (χ2v) is 7.72. The number of aromatic nitrogens is 4. The van der Waals surface area contributed by atoms with E-state index in [4.69, 9.17) is 0 Å². The minimum absolute atomic E-state index is 0.0973. The molecule has 1 N–H and O–H groups in total. The third kappa shape index (κ3) is 4.13. The van der Waals surface area contributed by atoms with Gasteiger partial charge < -0.3 is 9.88 Å². The fraction of sp³-hybridized carbons (Fsp3) is 0.208. The first-order valence-corrected chi connectivity index (χ1v) is 10.6. The quantitative estimate of drug-likeness (QED) is 0.493. The molecule has 1 aromatic carbocycles. The number of fused-ring (bicyclic) bond motifs is 1. The molecule has 160 valence electrons. The van der Waals surface area contributed by atoms with E-state index in [1.807, 2.05) is 54.6 Å². The number of imidazole rings is 1. The highest BCUT2D eigenvalue weighted by molar-refractivity contribution is 5.97. The summed E-state index contributed by atoms with van der Waals surface area (Å²) >= 11 is 0. The predicted octanol–water partition coefficient (Wildman–Crippen LogP) is 2.66. The van der Waals surface area contributed by atoms with Crippen molar-refractivity contribution in [3.8, 4) is 11.5 Å². The van der Waals surface area contributed by atoms with Crippen LogP contribution in [0.15, 0.2) is 66.9 Å². The lowest BCUT2D eigenvalue weighted by atomic mass is 10.1. The molecule has 1 aliphatic rings. The van der Waals surface area contributed by atoms with Crippen molar-refractivity contribution in [3.05, 3.63) is 78.1 Å². The zero-order chi connectivity index (χ0) is 21.9. The van der Waals surface area contributed by atoms with Crippen molar-refractivity contribution in [1.29, 1.82) is 0 Å². The number of Topliss-reactive ketones (excluding diaryl/α,β-unsaturated/α-hetero) is 1. The normalized spacial score (nSPS) is 14.6. The van der Waals surface area contributed by atoms with Crippen LogP contribution in [-0.4, -0.2) is 74.1 Å². The maximum Gasteiger partial charge on any atom is 0.272 e. The Kier molecular flexibility index (Phi) is 5.43. The Bertz CT molecular complexity index is 1230. The molecule has 1 saturated heterocycles. The molecule has 3 aromatic heterocycles. The summed E-state index contributed by atoms with van der Waals surface area (Å²) in [5.41, 5.74) is 3.13. The van der Waals surface area contributed by atoms with Crippen LogP contribution < -0.4 is 0 Å². The number of hydrogen-bond donors (Lipinski definition) is 1. The standard InChI is InChI=1S/C24H22N6O2/c31-21(17-6-2-1-3-7-17)16-29-12-14-30(15-13-29)24(32)20-9-4-8-19(26-20)23-27-18-10-5-11-25-22(18)28-23/h1-11H,12-16H2,(H,25,27,28). The molecule has 4 heterocycles. The van der Waals surface area contributed by atoms with Gasteiger partial charge in [-0.05, 0) is 24.3 Å². The van der Waals surface area contributed by atoms with Gasteiger partial charge in [0.1, 0.15) is 16.9 Å². The molecule has 0 radical (unpaired) electrons. The first-order valence-electron chi connectivity index (χ1n) is 10.6. The Labute approximate surface area is 184 Å². The number of piperazine rings is 1. The van der Waals surface area contributed by atoms with E-state index in [0.717, 1.165) is 5.52 Å². The molecule has 0 spiro atoms. The van der Waals surface area contributed by atoms with Crippen LogP contribution in [0.2, 0.25) is 0 Å². The van der Waals surface area contributed by atoms with Crippen LogP contribution in [0, 0.1) is 0 Å². The number of ketones is 1. The third-order valence-corrected chi connectivity index (χ3v) is 5.59. The summed E-state index contributed by atoms with van der Waals surface area (Å²) in [7, 11) is 0. The van der Waals surface area contributed by atoms with E-state index in [2.05, 4.69) is 24.8 Å². The summed E-state index contributed by atoms with van der Waals surface area (Å²) < 4.78 is 0. The summed E-state index contributed by atoms with van der Waals surface area (Å²) in [6, 6.07) is 18.4. The zero-order valence-corrected chi connectivity index (χ0v) is 17.4. The van der Waals surface area contributed by atoms with E-state index in [-0.39, 0.29) is 11.7 Å². The lowest BCUT2D eigenvalue weighted by Gasteiger charge is -2.34. The second kappa shape index (κ2) is 8.68. The number of carbonyl (C=O) groups is 2. The Hall–Kier alpha value is -3.91. The van der Waals surface area contributed by atoms with Crippen molar-refractivity contribution in [2.45, 2.75) is 0 Å². The van der Waals surface area contributed by atoms with Gasteiger partial charge in [0.15, 0.2) is 17.3 Å². The first-order chi connectivity index (χ1) is 15.7. The summed E-state index contributed by atoms with van der Waals surface area (Å²) in [4.78, 5) is 45.8. The van der Waals surface area contributed by atoms with Crippen LogP contribution in [0.5, 0.6) is 0 Å². The van der Waals surface area contributed by atoms with E-state index in [9.17, 15) is 9.59 Å². The number of amides is 1. The number of pyridine rings is 2. The highest BCUT2D eigenvalue weighted by Gasteiger charge is 2.24. The number of nitrogens with zero attached hydrogens (tertiary/aromatic N) is 5. The van der Waals surface area contributed by atoms with Crippen LogP contribution in [0.4, 0.5) is 0 Å². The highest BCUT2D eigenvalue weighted by Crippen LogP contribution is 2.18. The fourth-order valence-electron chi connectivity index (χ4n) is 3.84. The molecule has 8 nitrogen and oxygen atoms in total. The Morgan fingerprint density at radius 1 is 0.875 bits per heavy atom. The number of rotatable bonds is 5. The molecule has 0 bridgehead atoms. The number of carbonyl (C=O) groups excluding carboxylic acids is 2. The van der Waals surface area contributed by atoms with Gasteiger partial charge >= 0.3 is 0 Å². The van der Waals surface area contributed by atoms with Gasteiger partial charge in [-0.3, -0.25) is 14.5 Å². The molecule has 8 heteroatoms. The van der Waals surface area contributed by atoms with Crippen molar-refractivity contribution in [2.24, 2.45) is 0 Å². The third-order valence-electron chi connectivity index (χ3n) is 5.59. The topological polar surface area (TPSA) is 95.1 Å². The number of H-pyrrole nitrogens is 1. The Balaban J connectivity index is 1.24. The SMILES string of the molecule is O=C(CN1CCN(C(=O)c2cccc(-c3nc4cccnc4[nH]3)n2)CC1)c1ccccc1. The van der Waals surface area contributed by atoms with Crippen molar-refractivity contribution in [2.75, 3.05) is 32.7 Å². The van der Waals surface area contributed by atoms with Gasteiger partial charge in [-0.1, -0.05) is 36.4 Å². The average Bonchev–Trinajstić information content (AvgIpc) is 3.29. The van der Waals surface area contributed by atoms with Gasteiger partial charge in [0.25, 0.3) is 5.91 Å². The number of nitrogens with one attached hydrogen (secondary N) is 1. The van der Waals surface area contributed by atoms with E-state index < -0.39 is 0 Å². The van der Waals surface area contributed by atoms with Crippen LogP contribution in [0.25, 0.3) is 22.7 Å². The minimum Gasteiger partial charge on any atom is -0.335 e. The molecule has 1 amide bonds. The Morgan fingerprint density at radius 2 is 1.69 bits per heavy atom. The minimum atomic E-state index is -0.116. The van der Waals surface area contributed by atoms with E-state index in [1.54, 1.807) is 17.2 Å². The molecule has 1 fully saturated rings. The fourth-order valence-corrected chi connectivity index (χ4v) is 3.84. The highest BCUT2D eigenvalue weighted by atomic mass is 16.2. The maximum absolute atomic E-state index is 13.0. The van der Waals surface area contributed by atoms with Gasteiger partial charge in [-0.15, -0.1) is 0 Å². The number of hydrogen-bond acceptors (Lipinski definition) is 6. The van der Waals surface area contributed by atoms with Crippen LogP contribution in [0.3, 0.4) is 0 Å². The number of benzene rings is 1. The van der Waals surface area contributed by atoms with Gasteiger partial charge in [-0.2, -0.15) is 0 Å². The van der Waals surface area contributed by atoms with Crippen molar-refractivity contribution in [1.82, 2.24) is 29.7 Å².